The van der Waals surface area contributed by atoms with Crippen LogP contribution in [-0.4, -0.2) is 39.7 Å². The fourth-order valence-corrected chi connectivity index (χ4v) is 1.83. The first-order chi connectivity index (χ1) is 8.29. The van der Waals surface area contributed by atoms with Gasteiger partial charge in [-0.1, -0.05) is 0 Å². The topological polar surface area (TPSA) is 97.5 Å². The highest BCUT2D eigenvalue weighted by Gasteiger charge is 2.11. The van der Waals surface area contributed by atoms with Gasteiger partial charge in [0, 0.05) is 34.9 Å². The van der Waals surface area contributed by atoms with E-state index < -0.39 is 14.7 Å². The Morgan fingerprint density at radius 3 is 2.67 bits per heavy atom. The predicted octanol–water partition coefficient (Wildman–Crippen LogP) is 1.44. The lowest BCUT2D eigenvalue weighted by atomic mass is 10.3. The monoisotopic (exact) mass is 272 g/mol. The summed E-state index contributed by atoms with van der Waals surface area (Å²) in [7, 11) is -2.08. The number of pyridine rings is 1. The number of nitrogens with zero attached hydrogens (tertiary/aromatic N) is 3. The molecule has 0 aliphatic heterocycles. The lowest BCUT2D eigenvalue weighted by molar-refractivity contribution is -0.385. The molecule has 0 radical (unpaired) electrons. The van der Waals surface area contributed by atoms with E-state index in [0.29, 0.717) is 24.6 Å². The minimum atomic E-state index is -2.08. The van der Waals surface area contributed by atoms with E-state index in [1.165, 1.54) is 6.07 Å². The van der Waals surface area contributed by atoms with Crippen LogP contribution in [0.5, 0.6) is 0 Å². The molecule has 0 fully saturated rings. The maximum absolute atomic E-state index is 11.3. The molecule has 0 bridgehead atoms. The van der Waals surface area contributed by atoms with E-state index in [0.717, 1.165) is 0 Å². The van der Waals surface area contributed by atoms with Crippen LogP contribution in [0.4, 0.5) is 11.5 Å². The fourth-order valence-electron chi connectivity index (χ4n) is 1.29. The summed E-state index contributed by atoms with van der Waals surface area (Å²) in [5, 5.41) is 13.6. The molecule has 0 amide bonds. The highest BCUT2D eigenvalue weighted by atomic mass is 32.2. The van der Waals surface area contributed by atoms with E-state index in [9.17, 15) is 14.3 Å². The Labute approximate surface area is 106 Å². The van der Waals surface area contributed by atoms with Crippen LogP contribution < -0.4 is 5.32 Å². The lowest BCUT2D eigenvalue weighted by Crippen LogP contribution is -2.08. The summed E-state index contributed by atoms with van der Waals surface area (Å²) < 4.78 is 15.3. The quantitative estimate of drug-likeness (QED) is 0.497. The van der Waals surface area contributed by atoms with Crippen LogP contribution in [0.15, 0.2) is 16.5 Å². The van der Waals surface area contributed by atoms with Gasteiger partial charge in [-0.3, -0.25) is 14.3 Å². The second kappa shape index (κ2) is 5.76. The highest BCUT2D eigenvalue weighted by molar-refractivity contribution is 7.92. The average Bonchev–Trinajstić information content (AvgIpc) is 2.22. The van der Waals surface area contributed by atoms with Crippen molar-refractivity contribution >= 4 is 21.2 Å². The number of hydrogen-bond acceptors (Lipinski definition) is 6. The molecule has 1 aromatic rings. The van der Waals surface area contributed by atoms with Crippen LogP contribution in [0, 0.1) is 17.0 Å². The summed E-state index contributed by atoms with van der Waals surface area (Å²) in [5.74, 6) is 0.548. The van der Waals surface area contributed by atoms with Gasteiger partial charge in [-0.05, 0) is 13.0 Å². The van der Waals surface area contributed by atoms with Gasteiger partial charge in [-0.25, -0.2) is 9.35 Å². The normalized spacial score (nSPS) is 11.1. The van der Waals surface area contributed by atoms with E-state index in [-0.39, 0.29) is 5.69 Å². The Balaban J connectivity index is 2.62. The minimum Gasteiger partial charge on any atom is -0.368 e. The first kappa shape index (κ1) is 14.4. The number of nitro groups is 1. The average molecular weight is 272 g/mol. The largest absolute Gasteiger partial charge is 0.368 e. The van der Waals surface area contributed by atoms with E-state index in [4.69, 9.17) is 0 Å². The van der Waals surface area contributed by atoms with Gasteiger partial charge in [0.1, 0.15) is 11.5 Å². The van der Waals surface area contributed by atoms with Crippen LogP contribution >= 0.6 is 0 Å². The van der Waals surface area contributed by atoms with E-state index in [1.54, 1.807) is 25.5 Å². The Kier molecular flexibility index (Phi) is 4.60. The molecule has 0 saturated heterocycles. The van der Waals surface area contributed by atoms with Crippen LogP contribution in [-0.2, 0) is 9.73 Å². The molecular formula is C10H16N4O3S. The van der Waals surface area contributed by atoms with Crippen molar-refractivity contribution in [1.82, 2.24) is 4.98 Å². The summed E-state index contributed by atoms with van der Waals surface area (Å²) in [6.07, 6.45) is 3.14. The summed E-state index contributed by atoms with van der Waals surface area (Å²) in [5.41, 5.74) is 0.354. The molecule has 1 rings (SSSR count). The molecule has 0 spiro atoms. The zero-order valence-corrected chi connectivity index (χ0v) is 11.4. The van der Waals surface area contributed by atoms with Crippen molar-refractivity contribution in [3.05, 3.63) is 27.9 Å². The minimum absolute atomic E-state index is 0.00428. The van der Waals surface area contributed by atoms with Crippen molar-refractivity contribution in [2.24, 2.45) is 4.36 Å². The van der Waals surface area contributed by atoms with Crippen molar-refractivity contribution in [2.45, 2.75) is 6.92 Å². The molecule has 7 nitrogen and oxygen atoms in total. The van der Waals surface area contributed by atoms with E-state index >= 15 is 0 Å². The molecule has 0 aromatic carbocycles. The Hall–Kier alpha value is -1.70. The third-order valence-corrected chi connectivity index (χ3v) is 2.88. The maximum Gasteiger partial charge on any atom is 0.290 e. The standard InChI is InChI=1S/C10H16N4O3S/c1-8-9(14(15)16)4-5-10(13-8)11-6-7-12-18(2,3)17/h4-5H,6-7H2,1-3H3,(H,11,13). The van der Waals surface area contributed by atoms with Gasteiger partial charge in [0.25, 0.3) is 5.69 Å². The first-order valence-corrected chi connectivity index (χ1v) is 7.61. The van der Waals surface area contributed by atoms with Crippen LogP contribution in [0.2, 0.25) is 0 Å². The molecule has 0 unspecified atom stereocenters. The van der Waals surface area contributed by atoms with Gasteiger partial charge in [-0.2, -0.15) is 0 Å². The highest BCUT2D eigenvalue weighted by Crippen LogP contribution is 2.17. The number of aromatic nitrogens is 1. The molecule has 18 heavy (non-hydrogen) atoms. The molecule has 0 aliphatic rings. The second-order valence-electron chi connectivity index (χ2n) is 4.02. The number of nitrogens with one attached hydrogen (secondary N) is 1. The maximum atomic E-state index is 11.3. The van der Waals surface area contributed by atoms with E-state index in [2.05, 4.69) is 14.7 Å². The van der Waals surface area contributed by atoms with Gasteiger partial charge in [-0.15, -0.1) is 0 Å². The third kappa shape index (κ3) is 4.66. The van der Waals surface area contributed by atoms with Gasteiger partial charge in [0.15, 0.2) is 0 Å². The molecule has 100 valence electrons. The Morgan fingerprint density at radius 2 is 2.17 bits per heavy atom. The van der Waals surface area contributed by atoms with Gasteiger partial charge in [0.2, 0.25) is 0 Å². The molecule has 0 aliphatic carbocycles. The Morgan fingerprint density at radius 1 is 1.50 bits per heavy atom. The Bertz CT molecular complexity index is 556. The number of hydrogen-bond donors (Lipinski definition) is 1. The number of rotatable bonds is 5. The third-order valence-electron chi connectivity index (χ3n) is 2.07. The first-order valence-electron chi connectivity index (χ1n) is 5.28. The van der Waals surface area contributed by atoms with Crippen LogP contribution in [0.3, 0.4) is 0 Å². The fraction of sp³-hybridized carbons (Fsp3) is 0.500. The molecule has 1 aromatic heterocycles. The number of aryl methyl sites for hydroxylation is 1. The van der Waals surface area contributed by atoms with Crippen molar-refractivity contribution < 1.29 is 9.13 Å². The van der Waals surface area contributed by atoms with Crippen LogP contribution in [0.1, 0.15) is 5.69 Å². The summed E-state index contributed by atoms with van der Waals surface area (Å²) in [4.78, 5) is 14.2. The smallest absolute Gasteiger partial charge is 0.290 e. The van der Waals surface area contributed by atoms with Crippen LogP contribution in [0.25, 0.3) is 0 Å². The summed E-state index contributed by atoms with van der Waals surface area (Å²) in [6.45, 7) is 2.48. The predicted molar refractivity (Wildman–Crippen MR) is 71.4 cm³/mol. The van der Waals surface area contributed by atoms with Gasteiger partial charge < -0.3 is 5.32 Å². The van der Waals surface area contributed by atoms with Crippen molar-refractivity contribution in [3.8, 4) is 0 Å². The van der Waals surface area contributed by atoms with Gasteiger partial charge in [0.05, 0.1) is 11.5 Å². The molecule has 8 heteroatoms. The second-order valence-corrected chi connectivity index (χ2v) is 6.64. The molecule has 0 saturated carbocycles. The van der Waals surface area contributed by atoms with Crippen molar-refractivity contribution in [1.29, 1.82) is 0 Å². The number of anilines is 1. The van der Waals surface area contributed by atoms with Crippen molar-refractivity contribution in [2.75, 3.05) is 30.9 Å². The van der Waals surface area contributed by atoms with Crippen molar-refractivity contribution in [3.63, 3.8) is 0 Å². The molecular weight excluding hydrogens is 256 g/mol. The zero-order valence-electron chi connectivity index (χ0n) is 10.5. The van der Waals surface area contributed by atoms with Gasteiger partial charge >= 0.3 is 0 Å². The van der Waals surface area contributed by atoms with E-state index in [1.807, 2.05) is 0 Å². The lowest BCUT2D eigenvalue weighted by Gasteiger charge is -2.05. The molecule has 0 atom stereocenters. The SMILES string of the molecule is Cc1nc(NCCN=S(C)(C)=O)ccc1[N+](=O)[O-]. The molecule has 1 heterocycles. The summed E-state index contributed by atoms with van der Waals surface area (Å²) >= 11 is 0. The molecule has 1 N–H and O–H groups in total. The zero-order chi connectivity index (χ0) is 13.8. The summed E-state index contributed by atoms with van der Waals surface area (Å²) in [6, 6.07) is 2.95.